The van der Waals surface area contributed by atoms with E-state index in [4.69, 9.17) is 0 Å². The number of pyridine rings is 1. The van der Waals surface area contributed by atoms with Crippen LogP contribution in [0.25, 0.3) is 22.2 Å². The molecule has 98 valence electrons. The zero-order valence-corrected chi connectivity index (χ0v) is 10.1. The second-order valence-corrected chi connectivity index (χ2v) is 4.04. The van der Waals surface area contributed by atoms with E-state index >= 15 is 0 Å². The van der Waals surface area contributed by atoms with Gasteiger partial charge in [-0.3, -0.25) is 4.98 Å². The SMILES string of the molecule is O=Nc1cccc(-c2nccc3c(O)nc(O)nc23)c1. The van der Waals surface area contributed by atoms with Gasteiger partial charge < -0.3 is 10.2 Å². The lowest BCUT2D eigenvalue weighted by molar-refractivity contribution is 0.403. The maximum Gasteiger partial charge on any atom is 0.317 e. The van der Waals surface area contributed by atoms with E-state index in [0.717, 1.165) is 0 Å². The predicted octanol–water partition coefficient (Wildman–Crippen LogP) is 2.50. The molecule has 0 bridgehead atoms. The molecule has 1 aromatic carbocycles. The van der Waals surface area contributed by atoms with Gasteiger partial charge in [0.25, 0.3) is 0 Å². The van der Waals surface area contributed by atoms with Crippen molar-refractivity contribution in [2.45, 2.75) is 0 Å². The number of nitroso groups, excluding NO2 is 1. The van der Waals surface area contributed by atoms with Gasteiger partial charge in [0.15, 0.2) is 0 Å². The maximum absolute atomic E-state index is 10.6. The summed E-state index contributed by atoms with van der Waals surface area (Å²) < 4.78 is 0. The number of fused-ring (bicyclic) bond motifs is 1. The Morgan fingerprint density at radius 1 is 1.10 bits per heavy atom. The molecule has 0 fully saturated rings. The molecule has 7 nitrogen and oxygen atoms in total. The van der Waals surface area contributed by atoms with Crippen LogP contribution in [0, 0.1) is 4.91 Å². The summed E-state index contributed by atoms with van der Waals surface area (Å²) in [7, 11) is 0. The zero-order valence-electron chi connectivity index (χ0n) is 10.1. The Morgan fingerprint density at radius 2 is 1.95 bits per heavy atom. The molecular weight excluding hydrogens is 260 g/mol. The number of aromatic nitrogens is 3. The van der Waals surface area contributed by atoms with Crippen molar-refractivity contribution in [1.29, 1.82) is 0 Å². The lowest BCUT2D eigenvalue weighted by Gasteiger charge is -2.06. The fourth-order valence-electron chi connectivity index (χ4n) is 1.95. The van der Waals surface area contributed by atoms with Crippen LogP contribution >= 0.6 is 0 Å². The van der Waals surface area contributed by atoms with Crippen LogP contribution < -0.4 is 0 Å². The number of aromatic hydroxyl groups is 2. The highest BCUT2D eigenvalue weighted by atomic mass is 16.3. The van der Waals surface area contributed by atoms with E-state index in [2.05, 4.69) is 20.1 Å². The van der Waals surface area contributed by atoms with E-state index in [9.17, 15) is 15.1 Å². The summed E-state index contributed by atoms with van der Waals surface area (Å²) in [5.74, 6) is -0.333. The minimum absolute atomic E-state index is 0.254. The molecule has 7 heteroatoms. The summed E-state index contributed by atoms with van der Waals surface area (Å²) in [5, 5.41) is 22.3. The predicted molar refractivity (Wildman–Crippen MR) is 71.6 cm³/mol. The van der Waals surface area contributed by atoms with Gasteiger partial charge in [0.05, 0.1) is 11.1 Å². The first-order chi connectivity index (χ1) is 9.69. The first kappa shape index (κ1) is 12.0. The number of hydrogen-bond acceptors (Lipinski definition) is 7. The van der Waals surface area contributed by atoms with Crippen molar-refractivity contribution in [2.24, 2.45) is 5.18 Å². The molecule has 0 saturated heterocycles. The van der Waals surface area contributed by atoms with Crippen LogP contribution in [-0.2, 0) is 0 Å². The normalized spacial score (nSPS) is 10.6. The first-order valence-corrected chi connectivity index (χ1v) is 5.67. The molecule has 0 saturated carbocycles. The molecule has 0 spiro atoms. The van der Waals surface area contributed by atoms with Gasteiger partial charge in [0.1, 0.15) is 11.2 Å². The first-order valence-electron chi connectivity index (χ1n) is 5.67. The van der Waals surface area contributed by atoms with Crippen LogP contribution in [0.1, 0.15) is 0 Å². The number of hydrogen-bond donors (Lipinski definition) is 2. The Balaban J connectivity index is 2.33. The van der Waals surface area contributed by atoms with Gasteiger partial charge in [-0.25, -0.2) is 0 Å². The van der Waals surface area contributed by atoms with Crippen LogP contribution in [0.4, 0.5) is 5.69 Å². The Morgan fingerprint density at radius 3 is 2.75 bits per heavy atom. The third-order valence-corrected chi connectivity index (χ3v) is 2.81. The minimum atomic E-state index is -0.547. The summed E-state index contributed by atoms with van der Waals surface area (Å²) in [4.78, 5) is 22.1. The van der Waals surface area contributed by atoms with Crippen molar-refractivity contribution in [3.05, 3.63) is 41.4 Å². The van der Waals surface area contributed by atoms with Gasteiger partial charge in [-0.1, -0.05) is 12.1 Å². The Kier molecular flexibility index (Phi) is 2.72. The van der Waals surface area contributed by atoms with E-state index in [1.165, 1.54) is 12.3 Å². The highest BCUT2D eigenvalue weighted by Gasteiger charge is 2.12. The summed E-state index contributed by atoms with van der Waals surface area (Å²) in [6.07, 6.45) is 1.48. The van der Waals surface area contributed by atoms with Crippen LogP contribution in [0.5, 0.6) is 11.9 Å². The lowest BCUT2D eigenvalue weighted by Crippen LogP contribution is -1.91. The van der Waals surface area contributed by atoms with Crippen molar-refractivity contribution in [1.82, 2.24) is 15.0 Å². The second-order valence-electron chi connectivity index (χ2n) is 4.04. The van der Waals surface area contributed by atoms with Gasteiger partial charge in [0.2, 0.25) is 5.88 Å². The summed E-state index contributed by atoms with van der Waals surface area (Å²) >= 11 is 0. The average molecular weight is 268 g/mol. The van der Waals surface area contributed by atoms with E-state index in [-0.39, 0.29) is 11.6 Å². The van der Waals surface area contributed by atoms with Gasteiger partial charge in [-0.05, 0) is 23.4 Å². The van der Waals surface area contributed by atoms with Gasteiger partial charge >= 0.3 is 6.01 Å². The molecule has 3 rings (SSSR count). The summed E-state index contributed by atoms with van der Waals surface area (Å²) in [6, 6.07) is 7.49. The smallest absolute Gasteiger partial charge is 0.317 e. The molecule has 20 heavy (non-hydrogen) atoms. The van der Waals surface area contributed by atoms with E-state index < -0.39 is 6.01 Å². The van der Waals surface area contributed by atoms with Gasteiger partial charge in [-0.15, -0.1) is 4.91 Å². The van der Waals surface area contributed by atoms with E-state index in [1.807, 2.05) is 0 Å². The Labute approximate surface area is 112 Å². The van der Waals surface area contributed by atoms with E-state index in [0.29, 0.717) is 22.2 Å². The Hall–Kier alpha value is -3.09. The molecule has 0 aliphatic rings. The third-order valence-electron chi connectivity index (χ3n) is 2.81. The number of rotatable bonds is 2. The quantitative estimate of drug-likeness (QED) is 0.691. The third kappa shape index (κ3) is 1.91. The van der Waals surface area contributed by atoms with Crippen LogP contribution in [0.3, 0.4) is 0 Å². The summed E-state index contributed by atoms with van der Waals surface area (Å²) in [5.41, 5.74) is 1.57. The molecule has 0 aliphatic heterocycles. The molecule has 2 heterocycles. The van der Waals surface area contributed by atoms with Gasteiger partial charge in [0, 0.05) is 11.8 Å². The molecule has 0 radical (unpaired) electrons. The molecule has 0 aliphatic carbocycles. The van der Waals surface area contributed by atoms with Crippen LogP contribution in [-0.4, -0.2) is 25.2 Å². The molecule has 3 aromatic rings. The standard InChI is InChI=1S/C13H8N4O3/c18-12-9-4-5-14-10(11(9)15-13(19)16-12)7-2-1-3-8(6-7)17-20/h1-6H,(H2,15,16,18,19). The van der Waals surface area contributed by atoms with Crippen molar-refractivity contribution in [3.8, 4) is 23.1 Å². The van der Waals surface area contributed by atoms with Crippen LogP contribution in [0.15, 0.2) is 41.7 Å². The number of nitrogens with zero attached hydrogens (tertiary/aromatic N) is 4. The fraction of sp³-hybridized carbons (Fsp3) is 0. The molecule has 0 amide bonds. The van der Waals surface area contributed by atoms with Crippen molar-refractivity contribution in [2.75, 3.05) is 0 Å². The van der Waals surface area contributed by atoms with E-state index in [1.54, 1.807) is 24.3 Å². The highest BCUT2D eigenvalue weighted by Crippen LogP contribution is 2.31. The largest absolute Gasteiger partial charge is 0.493 e. The average Bonchev–Trinajstić information content (AvgIpc) is 2.46. The molecular formula is C13H8N4O3. The number of benzene rings is 1. The lowest BCUT2D eigenvalue weighted by atomic mass is 10.1. The molecule has 2 aromatic heterocycles. The zero-order chi connectivity index (χ0) is 14.1. The van der Waals surface area contributed by atoms with Crippen molar-refractivity contribution in [3.63, 3.8) is 0 Å². The second kappa shape index (κ2) is 4.54. The summed E-state index contributed by atoms with van der Waals surface area (Å²) in [6.45, 7) is 0. The maximum atomic E-state index is 10.6. The minimum Gasteiger partial charge on any atom is -0.493 e. The highest BCUT2D eigenvalue weighted by molar-refractivity contribution is 5.94. The Bertz CT molecular complexity index is 820. The van der Waals surface area contributed by atoms with Crippen molar-refractivity contribution < 1.29 is 10.2 Å². The monoisotopic (exact) mass is 268 g/mol. The van der Waals surface area contributed by atoms with Gasteiger partial charge in [-0.2, -0.15) is 9.97 Å². The topological polar surface area (TPSA) is 109 Å². The fourth-order valence-corrected chi connectivity index (χ4v) is 1.95. The molecule has 0 atom stereocenters. The van der Waals surface area contributed by atoms with Crippen molar-refractivity contribution >= 4 is 16.6 Å². The molecule has 0 unspecified atom stereocenters. The molecule has 2 N–H and O–H groups in total. The van der Waals surface area contributed by atoms with Crippen LogP contribution in [0.2, 0.25) is 0 Å².